The van der Waals surface area contributed by atoms with Crippen molar-refractivity contribution in [1.29, 1.82) is 0 Å². The summed E-state index contributed by atoms with van der Waals surface area (Å²) in [5.41, 5.74) is 18.0. The Balaban J connectivity index is 0.805. The smallest absolute Gasteiger partial charge is 0.0468 e. The molecule has 78 heavy (non-hydrogen) atoms. The Morgan fingerprint density at radius 2 is 0.538 bits per heavy atom. The minimum absolute atomic E-state index is 0.891. The van der Waals surface area contributed by atoms with E-state index < -0.39 is 0 Å². The Kier molecular flexibility index (Phi) is 13.3. The van der Waals surface area contributed by atoms with Gasteiger partial charge in [-0.3, -0.25) is 0 Å². The summed E-state index contributed by atoms with van der Waals surface area (Å²) in [7, 11) is 0. The van der Waals surface area contributed by atoms with Crippen LogP contribution in [0.3, 0.4) is 0 Å². The lowest BCUT2D eigenvalue weighted by Gasteiger charge is -2.27. The Morgan fingerprint density at radius 3 is 0.885 bits per heavy atom. The van der Waals surface area contributed by atoms with Crippen molar-refractivity contribution in [3.8, 4) is 22.3 Å². The number of fused-ring (bicyclic) bond motifs is 3. The van der Waals surface area contributed by atoms with Crippen LogP contribution >= 0.6 is 11.3 Å². The molecular weight excluding hydrogens is 965 g/mol. The predicted octanol–water partition coefficient (Wildman–Crippen LogP) is 21.3. The van der Waals surface area contributed by atoms with Crippen molar-refractivity contribution in [2.75, 3.05) is 19.6 Å². The topological polar surface area (TPSA) is 13.0 Å². The molecule has 11 aromatic carbocycles. The molecule has 0 N–H and O–H groups in total. The van der Waals surface area contributed by atoms with Crippen LogP contribution in [0.1, 0.15) is 6.42 Å². The fourth-order valence-electron chi connectivity index (χ4n) is 10.7. The van der Waals surface area contributed by atoms with E-state index in [0.717, 1.165) is 91.4 Å². The monoisotopic (exact) mass is 1020 g/mol. The molecule has 372 valence electrons. The summed E-state index contributed by atoms with van der Waals surface area (Å²) in [6.07, 6.45) is 11.8. The van der Waals surface area contributed by atoms with Gasteiger partial charge in [0.1, 0.15) is 0 Å². The molecule has 0 unspecified atom stereocenters. The summed E-state index contributed by atoms with van der Waals surface area (Å²) in [6.45, 7) is 0. The molecule has 0 radical (unpaired) electrons. The number of benzene rings is 11. The van der Waals surface area contributed by atoms with Gasteiger partial charge in [0.15, 0.2) is 0 Å². The maximum absolute atomic E-state index is 2.37. The van der Waals surface area contributed by atoms with Crippen LogP contribution in [0.2, 0.25) is 0 Å². The molecule has 12 aromatic rings. The fourth-order valence-corrected chi connectivity index (χ4v) is 11.7. The summed E-state index contributed by atoms with van der Waals surface area (Å²) in [4.78, 5) is 9.36. The first-order chi connectivity index (χ1) is 38.7. The van der Waals surface area contributed by atoms with Gasteiger partial charge >= 0.3 is 0 Å². The van der Waals surface area contributed by atoms with Gasteiger partial charge in [-0.15, -0.1) is 11.3 Å². The standard InChI is InChI=1S/C73H54N4S/c1-2-9-21-58(20-8-1)74(59-22-10-3-11-23-59)64-40-32-54(33-41-64)56-36-44-66(45-37-56)76(62-28-16-6-17-29-62)68-48-50-72-70(52-68)71-53-69(49-51-73(71)78-72)77(63-30-18-7-19-31-63)67-46-38-57(39-47-67)55-34-42-65(43-35-55)75(60-24-12-4-13-25-60)61-26-14-5-15-27-61/h1-8,10-53H,9H2. The highest BCUT2D eigenvalue weighted by molar-refractivity contribution is 7.25. The number of nitrogens with zero attached hydrogens (tertiary/aromatic N) is 4. The molecule has 0 aliphatic heterocycles. The van der Waals surface area contributed by atoms with Crippen LogP contribution in [0.5, 0.6) is 0 Å². The molecule has 1 aromatic heterocycles. The zero-order valence-corrected chi connectivity index (χ0v) is 43.7. The quantitative estimate of drug-likeness (QED) is 0.108. The summed E-state index contributed by atoms with van der Waals surface area (Å²) < 4.78 is 2.51. The zero-order valence-electron chi connectivity index (χ0n) is 42.9. The van der Waals surface area contributed by atoms with Gasteiger partial charge in [0.25, 0.3) is 0 Å². The Morgan fingerprint density at radius 1 is 0.256 bits per heavy atom. The van der Waals surface area contributed by atoms with Crippen LogP contribution in [0, 0.1) is 0 Å². The Bertz CT molecular complexity index is 4020. The Labute approximate surface area is 460 Å². The van der Waals surface area contributed by atoms with E-state index in [0.29, 0.717) is 0 Å². The molecule has 0 spiro atoms. The highest BCUT2D eigenvalue weighted by Gasteiger charge is 2.20. The molecule has 4 nitrogen and oxygen atoms in total. The lowest BCUT2D eigenvalue weighted by atomic mass is 10.0. The first-order valence-corrected chi connectivity index (χ1v) is 27.4. The van der Waals surface area contributed by atoms with Gasteiger partial charge in [-0.05, 0) is 180 Å². The van der Waals surface area contributed by atoms with Crippen LogP contribution in [0.4, 0.5) is 62.6 Å². The minimum atomic E-state index is 0.891. The molecule has 0 amide bonds. The predicted molar refractivity (Wildman–Crippen MR) is 334 cm³/mol. The van der Waals surface area contributed by atoms with Crippen molar-refractivity contribution in [3.63, 3.8) is 0 Å². The second-order valence-corrected chi connectivity index (χ2v) is 20.4. The highest BCUT2D eigenvalue weighted by Crippen LogP contribution is 2.45. The van der Waals surface area contributed by atoms with Gasteiger partial charge in [-0.1, -0.05) is 164 Å². The number of anilines is 11. The average molecular weight is 1020 g/mol. The third-order valence-electron chi connectivity index (χ3n) is 14.4. The first-order valence-electron chi connectivity index (χ1n) is 26.6. The van der Waals surface area contributed by atoms with Crippen LogP contribution < -0.4 is 19.6 Å². The van der Waals surface area contributed by atoms with Gasteiger partial charge in [0.05, 0.1) is 0 Å². The van der Waals surface area contributed by atoms with E-state index >= 15 is 0 Å². The molecule has 13 rings (SSSR count). The molecule has 0 fully saturated rings. The lowest BCUT2D eigenvalue weighted by molar-refractivity contribution is 1.18. The fraction of sp³-hybridized carbons (Fsp3) is 0.0137. The van der Waals surface area contributed by atoms with E-state index in [1.54, 1.807) is 0 Å². The molecular formula is C73H54N4S. The van der Waals surface area contributed by atoms with E-state index in [1.165, 1.54) is 25.7 Å². The van der Waals surface area contributed by atoms with Crippen LogP contribution in [-0.2, 0) is 0 Å². The van der Waals surface area contributed by atoms with Gasteiger partial charge < -0.3 is 19.6 Å². The second kappa shape index (κ2) is 21.7. The van der Waals surface area contributed by atoms with Crippen molar-refractivity contribution in [2.45, 2.75) is 6.42 Å². The maximum atomic E-state index is 2.37. The summed E-state index contributed by atoms with van der Waals surface area (Å²) in [5, 5.41) is 2.46. The normalized spacial score (nSPS) is 12.0. The zero-order chi connectivity index (χ0) is 52.0. The first kappa shape index (κ1) is 47.8. The largest absolute Gasteiger partial charge is 0.311 e. The molecule has 0 bridgehead atoms. The number of hydrogen-bond acceptors (Lipinski definition) is 5. The van der Waals surface area contributed by atoms with Crippen molar-refractivity contribution in [1.82, 2.24) is 0 Å². The van der Waals surface area contributed by atoms with E-state index in [2.05, 4.69) is 335 Å². The van der Waals surface area contributed by atoms with Crippen molar-refractivity contribution >= 4 is 94.1 Å². The molecule has 1 heterocycles. The van der Waals surface area contributed by atoms with Crippen molar-refractivity contribution in [3.05, 3.63) is 321 Å². The Hall–Kier alpha value is -9.94. The average Bonchev–Trinajstić information content (AvgIpc) is 3.71. The van der Waals surface area contributed by atoms with Crippen LogP contribution in [-0.4, -0.2) is 0 Å². The van der Waals surface area contributed by atoms with E-state index in [9.17, 15) is 0 Å². The highest BCUT2D eigenvalue weighted by atomic mass is 32.1. The lowest BCUT2D eigenvalue weighted by Crippen LogP contribution is -2.15. The number of para-hydroxylation sites is 5. The number of thiophene rings is 1. The molecule has 0 atom stereocenters. The molecule has 0 saturated carbocycles. The van der Waals surface area contributed by atoms with Gasteiger partial charge in [0.2, 0.25) is 0 Å². The van der Waals surface area contributed by atoms with E-state index in [1.807, 2.05) is 11.3 Å². The van der Waals surface area contributed by atoms with Crippen LogP contribution in [0.15, 0.2) is 321 Å². The second-order valence-electron chi connectivity index (χ2n) is 19.3. The van der Waals surface area contributed by atoms with Crippen LogP contribution in [0.25, 0.3) is 42.4 Å². The molecule has 1 aliphatic rings. The summed E-state index contributed by atoms with van der Waals surface area (Å²) >= 11 is 1.84. The van der Waals surface area contributed by atoms with E-state index in [4.69, 9.17) is 0 Å². The third kappa shape index (κ3) is 9.78. The number of hydrogen-bond donors (Lipinski definition) is 0. The number of rotatable bonds is 14. The molecule has 1 aliphatic carbocycles. The summed E-state index contributed by atoms with van der Waals surface area (Å²) in [5.74, 6) is 0. The van der Waals surface area contributed by atoms with E-state index in [-0.39, 0.29) is 0 Å². The minimum Gasteiger partial charge on any atom is -0.311 e. The van der Waals surface area contributed by atoms with Crippen molar-refractivity contribution < 1.29 is 0 Å². The SMILES string of the molecule is C1=CCC=C(N(c2ccccc2)c2ccc(-c3ccc(N(c4ccccc4)c4ccc5sc6ccc(N(c7ccccc7)c7ccc(-c8ccc(N(c9ccccc9)c9ccccc9)cc8)cc7)cc6c5c4)cc3)cc2)C=C1. The third-order valence-corrected chi connectivity index (χ3v) is 15.6. The van der Waals surface area contributed by atoms with Gasteiger partial charge in [0, 0.05) is 88.4 Å². The summed E-state index contributed by atoms with van der Waals surface area (Å²) in [6, 6.07) is 103. The van der Waals surface area contributed by atoms with Gasteiger partial charge in [-0.2, -0.15) is 0 Å². The maximum Gasteiger partial charge on any atom is 0.0468 e. The number of allylic oxidation sites excluding steroid dienone is 5. The van der Waals surface area contributed by atoms with Gasteiger partial charge in [-0.25, -0.2) is 0 Å². The molecule has 5 heteroatoms. The van der Waals surface area contributed by atoms with Crippen molar-refractivity contribution in [2.24, 2.45) is 0 Å². The molecule has 0 saturated heterocycles.